The van der Waals surface area contributed by atoms with Crippen LogP contribution in [0.15, 0.2) is 29.2 Å². The van der Waals surface area contributed by atoms with Crippen molar-refractivity contribution < 1.29 is 16.8 Å². The average Bonchev–Trinajstić information content (AvgIpc) is 2.65. The summed E-state index contributed by atoms with van der Waals surface area (Å²) < 4.78 is 55.2. The Labute approximate surface area is 174 Å². The maximum Gasteiger partial charge on any atom is 0.262 e. The second kappa shape index (κ2) is 7.65. The molecule has 1 heterocycles. The molecular weight excluding hydrogens is 408 g/mol. The van der Waals surface area contributed by atoms with Crippen LogP contribution in [0.3, 0.4) is 0 Å². The molecule has 0 bridgehead atoms. The SMILES string of the molecule is CCS(=O)(=O)N1CCCc2cc(NS(=O)(=O)c3c(C)c(C)cc(C)c3C)ccc21. The molecule has 0 aromatic heterocycles. The van der Waals surface area contributed by atoms with Gasteiger partial charge in [0.15, 0.2) is 0 Å². The van der Waals surface area contributed by atoms with Crippen molar-refractivity contribution in [3.05, 3.63) is 52.1 Å². The van der Waals surface area contributed by atoms with Crippen molar-refractivity contribution in [2.45, 2.75) is 52.4 Å². The number of hydrogen-bond donors (Lipinski definition) is 1. The Hall–Kier alpha value is -2.06. The van der Waals surface area contributed by atoms with E-state index in [1.807, 2.05) is 33.8 Å². The van der Waals surface area contributed by atoms with Crippen LogP contribution in [-0.4, -0.2) is 29.1 Å². The van der Waals surface area contributed by atoms with Crippen LogP contribution in [-0.2, 0) is 26.5 Å². The molecule has 0 saturated heterocycles. The molecule has 2 aromatic carbocycles. The van der Waals surface area contributed by atoms with Gasteiger partial charge in [0.05, 0.1) is 16.3 Å². The van der Waals surface area contributed by atoms with Crippen molar-refractivity contribution in [1.82, 2.24) is 0 Å². The quantitative estimate of drug-likeness (QED) is 0.772. The fourth-order valence-electron chi connectivity index (χ4n) is 3.86. The molecule has 29 heavy (non-hydrogen) atoms. The van der Waals surface area contributed by atoms with Crippen LogP contribution in [0.4, 0.5) is 11.4 Å². The number of sulfonamides is 2. The highest BCUT2D eigenvalue weighted by atomic mass is 32.2. The standard InChI is InChI=1S/C21H28N2O4S2/c1-6-28(24,25)23-11-7-8-18-13-19(9-10-20(18)23)22-29(26,27)21-16(4)14(2)12-15(3)17(21)5/h9-10,12-13,22H,6-8,11H2,1-5H3. The topological polar surface area (TPSA) is 83.6 Å². The van der Waals surface area contributed by atoms with E-state index in [4.69, 9.17) is 0 Å². The third-order valence-electron chi connectivity index (χ3n) is 5.67. The lowest BCUT2D eigenvalue weighted by Gasteiger charge is -2.30. The van der Waals surface area contributed by atoms with E-state index in [1.165, 1.54) is 4.31 Å². The van der Waals surface area contributed by atoms with Gasteiger partial charge in [0.2, 0.25) is 10.0 Å². The molecule has 2 aromatic rings. The lowest BCUT2D eigenvalue weighted by atomic mass is 10.0. The second-order valence-corrected chi connectivity index (χ2v) is 11.4. The number of nitrogens with one attached hydrogen (secondary N) is 1. The van der Waals surface area contributed by atoms with E-state index in [9.17, 15) is 16.8 Å². The molecule has 6 nitrogen and oxygen atoms in total. The summed E-state index contributed by atoms with van der Waals surface area (Å²) in [5, 5.41) is 0. The minimum Gasteiger partial charge on any atom is -0.280 e. The molecule has 8 heteroatoms. The van der Waals surface area contributed by atoms with E-state index in [1.54, 1.807) is 25.1 Å². The zero-order chi connectivity index (χ0) is 21.6. The number of anilines is 2. The van der Waals surface area contributed by atoms with Crippen molar-refractivity contribution in [2.75, 3.05) is 21.3 Å². The van der Waals surface area contributed by atoms with Crippen LogP contribution in [0.5, 0.6) is 0 Å². The summed E-state index contributed by atoms with van der Waals surface area (Å²) in [6, 6.07) is 7.07. The van der Waals surface area contributed by atoms with Gasteiger partial charge >= 0.3 is 0 Å². The Kier molecular flexibility index (Phi) is 5.71. The molecule has 0 aliphatic carbocycles. The third kappa shape index (κ3) is 4.00. The van der Waals surface area contributed by atoms with E-state index >= 15 is 0 Å². The molecule has 0 saturated carbocycles. The van der Waals surface area contributed by atoms with Gasteiger partial charge in [0, 0.05) is 12.2 Å². The van der Waals surface area contributed by atoms with Crippen molar-refractivity contribution in [1.29, 1.82) is 0 Å². The Morgan fingerprint density at radius 1 is 0.966 bits per heavy atom. The van der Waals surface area contributed by atoms with Gasteiger partial charge in [-0.05, 0) is 93.5 Å². The number of benzene rings is 2. The Morgan fingerprint density at radius 3 is 2.17 bits per heavy atom. The van der Waals surface area contributed by atoms with Gasteiger partial charge in [0.1, 0.15) is 0 Å². The van der Waals surface area contributed by atoms with Gasteiger partial charge in [0.25, 0.3) is 10.0 Å². The second-order valence-electron chi connectivity index (χ2n) is 7.61. The lowest BCUT2D eigenvalue weighted by molar-refractivity contribution is 0.587. The van der Waals surface area contributed by atoms with Crippen molar-refractivity contribution in [2.24, 2.45) is 0 Å². The lowest BCUT2D eigenvalue weighted by Crippen LogP contribution is -2.36. The van der Waals surface area contributed by atoms with Gasteiger partial charge in [-0.25, -0.2) is 16.8 Å². The normalized spacial score (nSPS) is 14.6. The molecule has 1 aliphatic heterocycles. The van der Waals surface area contributed by atoms with E-state index in [-0.39, 0.29) is 5.75 Å². The molecule has 0 amide bonds. The monoisotopic (exact) mass is 436 g/mol. The summed E-state index contributed by atoms with van der Waals surface area (Å²) in [7, 11) is -7.13. The maximum absolute atomic E-state index is 13.2. The number of rotatable bonds is 5. The third-order valence-corrected chi connectivity index (χ3v) is 9.11. The number of nitrogens with zero attached hydrogens (tertiary/aromatic N) is 1. The minimum atomic E-state index is -3.77. The summed E-state index contributed by atoms with van der Waals surface area (Å²) in [5.74, 6) is 0.0338. The predicted molar refractivity (Wildman–Crippen MR) is 118 cm³/mol. The van der Waals surface area contributed by atoms with Crippen LogP contribution in [0.1, 0.15) is 41.2 Å². The fourth-order valence-corrected chi connectivity index (χ4v) is 6.73. The van der Waals surface area contributed by atoms with Gasteiger partial charge < -0.3 is 0 Å². The maximum atomic E-state index is 13.2. The predicted octanol–water partition coefficient (Wildman–Crippen LogP) is 3.82. The molecule has 1 aliphatic rings. The van der Waals surface area contributed by atoms with Crippen molar-refractivity contribution in [3.8, 4) is 0 Å². The first-order valence-corrected chi connectivity index (χ1v) is 12.8. The molecule has 3 rings (SSSR count). The van der Waals surface area contributed by atoms with E-state index in [0.29, 0.717) is 35.7 Å². The smallest absolute Gasteiger partial charge is 0.262 e. The summed E-state index contributed by atoms with van der Waals surface area (Å²) in [4.78, 5) is 0.308. The first kappa shape index (κ1) is 21.6. The van der Waals surface area contributed by atoms with E-state index < -0.39 is 20.0 Å². The number of aryl methyl sites for hydroxylation is 3. The molecule has 0 spiro atoms. The summed E-state index contributed by atoms with van der Waals surface area (Å²) >= 11 is 0. The zero-order valence-electron chi connectivity index (χ0n) is 17.5. The highest BCUT2D eigenvalue weighted by Crippen LogP contribution is 2.33. The van der Waals surface area contributed by atoms with Crippen molar-refractivity contribution in [3.63, 3.8) is 0 Å². The Balaban J connectivity index is 2.01. The molecule has 0 atom stereocenters. The molecule has 1 N–H and O–H groups in total. The Bertz CT molecular complexity index is 1140. The molecule has 0 unspecified atom stereocenters. The van der Waals surface area contributed by atoms with Crippen LogP contribution >= 0.6 is 0 Å². The van der Waals surface area contributed by atoms with E-state index in [2.05, 4.69) is 4.72 Å². The van der Waals surface area contributed by atoms with Gasteiger partial charge in [-0.3, -0.25) is 9.03 Å². The molecule has 0 radical (unpaired) electrons. The van der Waals surface area contributed by atoms with Gasteiger partial charge in [-0.1, -0.05) is 6.07 Å². The van der Waals surface area contributed by atoms with Gasteiger partial charge in [-0.2, -0.15) is 0 Å². The number of hydrogen-bond acceptors (Lipinski definition) is 4. The van der Waals surface area contributed by atoms with Crippen LogP contribution in [0, 0.1) is 27.7 Å². The van der Waals surface area contributed by atoms with Crippen LogP contribution < -0.4 is 9.03 Å². The summed E-state index contributed by atoms with van der Waals surface area (Å²) in [6.45, 7) is 9.52. The molecule has 158 valence electrons. The summed E-state index contributed by atoms with van der Waals surface area (Å²) in [6.07, 6.45) is 1.42. The largest absolute Gasteiger partial charge is 0.280 e. The first-order chi connectivity index (χ1) is 13.5. The van der Waals surface area contributed by atoms with Gasteiger partial charge in [-0.15, -0.1) is 0 Å². The fraction of sp³-hybridized carbons (Fsp3) is 0.429. The van der Waals surface area contributed by atoms with Crippen LogP contribution in [0.25, 0.3) is 0 Å². The van der Waals surface area contributed by atoms with Crippen molar-refractivity contribution >= 4 is 31.4 Å². The number of fused-ring (bicyclic) bond motifs is 1. The van der Waals surface area contributed by atoms with Crippen LogP contribution in [0.2, 0.25) is 0 Å². The van der Waals surface area contributed by atoms with E-state index in [0.717, 1.165) is 27.8 Å². The molecule has 0 fully saturated rings. The first-order valence-electron chi connectivity index (χ1n) is 9.71. The molecular formula is C21H28N2O4S2. The minimum absolute atomic E-state index is 0.0338. The zero-order valence-corrected chi connectivity index (χ0v) is 19.2. The Morgan fingerprint density at radius 2 is 1.59 bits per heavy atom. The average molecular weight is 437 g/mol. The summed E-state index contributed by atoms with van der Waals surface area (Å²) in [5.41, 5.74) is 5.25. The highest BCUT2D eigenvalue weighted by molar-refractivity contribution is 7.93. The highest BCUT2D eigenvalue weighted by Gasteiger charge is 2.27.